The van der Waals surface area contributed by atoms with Gasteiger partial charge in [0.05, 0.1) is 24.2 Å². The second kappa shape index (κ2) is 6.29. The molecule has 1 aromatic carbocycles. The minimum absolute atomic E-state index is 0.297. The number of carbonyl (C=O) groups is 1. The van der Waals surface area contributed by atoms with Crippen molar-refractivity contribution < 1.29 is 9.53 Å². The molecule has 21 heavy (non-hydrogen) atoms. The van der Waals surface area contributed by atoms with Crippen molar-refractivity contribution in [3.63, 3.8) is 0 Å². The molecule has 1 aliphatic rings. The van der Waals surface area contributed by atoms with Crippen molar-refractivity contribution in [2.75, 3.05) is 26.3 Å². The molecule has 0 saturated carbocycles. The number of morpholine rings is 1. The Bertz CT molecular complexity index is 477. The van der Waals surface area contributed by atoms with E-state index in [2.05, 4.69) is 18.7 Å². The van der Waals surface area contributed by atoms with Crippen molar-refractivity contribution in [1.82, 2.24) is 4.90 Å². The maximum absolute atomic E-state index is 13.3. The summed E-state index contributed by atoms with van der Waals surface area (Å²) < 4.78 is 5.44. The number of hydrogen-bond acceptors (Lipinski definition) is 3. The van der Waals surface area contributed by atoms with Crippen molar-refractivity contribution in [2.24, 2.45) is 0 Å². The normalized spacial score (nSPS) is 20.0. The average molecular weight is 289 g/mol. The van der Waals surface area contributed by atoms with E-state index in [1.54, 1.807) is 0 Å². The molecule has 2 rings (SSSR count). The Balaban J connectivity index is 2.30. The molecule has 0 amide bonds. The summed E-state index contributed by atoms with van der Waals surface area (Å²) in [6, 6.07) is 10.1. The van der Waals surface area contributed by atoms with Crippen LogP contribution in [-0.4, -0.2) is 42.5 Å². The highest BCUT2D eigenvalue weighted by atomic mass is 16.5. The molecule has 0 spiro atoms. The second-order valence-corrected chi connectivity index (χ2v) is 6.55. The summed E-state index contributed by atoms with van der Waals surface area (Å²) in [5.41, 5.74) is 0.177. The molecule has 1 heterocycles. The van der Waals surface area contributed by atoms with Gasteiger partial charge in [0, 0.05) is 13.1 Å². The highest BCUT2D eigenvalue weighted by Gasteiger charge is 2.45. The third-order valence-electron chi connectivity index (χ3n) is 4.95. The van der Waals surface area contributed by atoms with Gasteiger partial charge in [-0.25, -0.2) is 0 Å². The minimum Gasteiger partial charge on any atom is -0.379 e. The lowest BCUT2D eigenvalue weighted by Gasteiger charge is -2.45. The SMILES string of the molecule is CCC(C)(C(=O)C(C)(C)c1ccccc1)N1CCOCC1. The van der Waals surface area contributed by atoms with Crippen molar-refractivity contribution >= 4 is 5.78 Å². The predicted molar refractivity (Wildman–Crippen MR) is 85.6 cm³/mol. The Labute approximate surface area is 128 Å². The quantitative estimate of drug-likeness (QED) is 0.834. The van der Waals surface area contributed by atoms with Crippen LogP contribution in [-0.2, 0) is 14.9 Å². The zero-order valence-electron chi connectivity index (χ0n) is 13.7. The largest absolute Gasteiger partial charge is 0.379 e. The molecule has 1 fully saturated rings. The molecule has 1 unspecified atom stereocenters. The highest BCUT2D eigenvalue weighted by Crippen LogP contribution is 2.34. The first-order valence-corrected chi connectivity index (χ1v) is 7.86. The first kappa shape index (κ1) is 16.2. The Morgan fingerprint density at radius 2 is 1.71 bits per heavy atom. The lowest BCUT2D eigenvalue weighted by Crippen LogP contribution is -2.60. The Hall–Kier alpha value is -1.19. The summed E-state index contributed by atoms with van der Waals surface area (Å²) in [6.07, 6.45) is 0.822. The second-order valence-electron chi connectivity index (χ2n) is 6.55. The third kappa shape index (κ3) is 3.04. The van der Waals surface area contributed by atoms with Gasteiger partial charge in [0.2, 0.25) is 0 Å². The highest BCUT2D eigenvalue weighted by molar-refractivity contribution is 5.96. The number of nitrogens with zero attached hydrogens (tertiary/aromatic N) is 1. The van der Waals surface area contributed by atoms with Gasteiger partial charge < -0.3 is 4.74 Å². The standard InChI is InChI=1S/C18H27NO2/c1-5-18(4,19-11-13-21-14-12-19)16(20)17(2,3)15-9-7-6-8-10-15/h6-10H,5,11-14H2,1-4H3. The van der Waals surface area contributed by atoms with E-state index in [9.17, 15) is 4.79 Å². The van der Waals surface area contributed by atoms with Crippen molar-refractivity contribution in [3.05, 3.63) is 35.9 Å². The monoisotopic (exact) mass is 289 g/mol. The van der Waals surface area contributed by atoms with Crippen LogP contribution < -0.4 is 0 Å². The maximum Gasteiger partial charge on any atom is 0.162 e. The molecule has 3 heteroatoms. The van der Waals surface area contributed by atoms with Gasteiger partial charge in [-0.3, -0.25) is 9.69 Å². The fourth-order valence-electron chi connectivity index (χ4n) is 3.24. The van der Waals surface area contributed by atoms with Crippen molar-refractivity contribution in [1.29, 1.82) is 0 Å². The Kier molecular flexibility index (Phi) is 4.84. The van der Waals surface area contributed by atoms with Crippen LogP contribution in [0.2, 0.25) is 0 Å². The van der Waals surface area contributed by atoms with Gasteiger partial charge in [-0.15, -0.1) is 0 Å². The molecular weight excluding hydrogens is 262 g/mol. The number of ketones is 1. The van der Waals surface area contributed by atoms with E-state index in [1.165, 1.54) is 0 Å². The van der Waals surface area contributed by atoms with Crippen LogP contribution in [0.1, 0.15) is 39.7 Å². The average Bonchev–Trinajstić information content (AvgIpc) is 2.55. The van der Waals surface area contributed by atoms with E-state index in [4.69, 9.17) is 4.74 Å². The molecule has 3 nitrogen and oxygen atoms in total. The van der Waals surface area contributed by atoms with E-state index in [0.717, 1.165) is 25.1 Å². The van der Waals surface area contributed by atoms with E-state index in [1.807, 2.05) is 44.2 Å². The fourth-order valence-corrected chi connectivity index (χ4v) is 3.24. The van der Waals surface area contributed by atoms with Gasteiger partial charge in [-0.05, 0) is 32.8 Å². The zero-order valence-corrected chi connectivity index (χ0v) is 13.7. The van der Waals surface area contributed by atoms with Gasteiger partial charge in [-0.2, -0.15) is 0 Å². The molecule has 1 saturated heterocycles. The molecule has 0 aliphatic carbocycles. The number of rotatable bonds is 5. The number of Topliss-reactive ketones (excluding diaryl/α,β-unsaturated/α-hetero) is 1. The lowest BCUT2D eigenvalue weighted by molar-refractivity contribution is -0.138. The molecule has 0 bridgehead atoms. The number of hydrogen-bond donors (Lipinski definition) is 0. The molecule has 1 aromatic rings. The number of ether oxygens (including phenoxy) is 1. The summed E-state index contributed by atoms with van der Waals surface area (Å²) in [4.78, 5) is 15.6. The summed E-state index contributed by atoms with van der Waals surface area (Å²) >= 11 is 0. The topological polar surface area (TPSA) is 29.5 Å². The molecule has 1 atom stereocenters. The maximum atomic E-state index is 13.3. The fraction of sp³-hybridized carbons (Fsp3) is 0.611. The van der Waals surface area contributed by atoms with E-state index >= 15 is 0 Å². The molecule has 116 valence electrons. The van der Waals surface area contributed by atoms with Crippen LogP contribution in [0.25, 0.3) is 0 Å². The van der Waals surface area contributed by atoms with Crippen LogP contribution in [0.15, 0.2) is 30.3 Å². The molecule has 0 N–H and O–H groups in total. The first-order valence-electron chi connectivity index (χ1n) is 7.86. The van der Waals surface area contributed by atoms with Gasteiger partial charge >= 0.3 is 0 Å². The first-order chi connectivity index (χ1) is 9.93. The van der Waals surface area contributed by atoms with E-state index < -0.39 is 11.0 Å². The van der Waals surface area contributed by atoms with Gasteiger partial charge in [0.1, 0.15) is 0 Å². The van der Waals surface area contributed by atoms with Crippen molar-refractivity contribution in [2.45, 2.75) is 45.1 Å². The summed E-state index contributed by atoms with van der Waals surface area (Å²) in [6.45, 7) is 11.4. The van der Waals surface area contributed by atoms with E-state index in [-0.39, 0.29) is 0 Å². The lowest BCUT2D eigenvalue weighted by atomic mass is 9.71. The smallest absolute Gasteiger partial charge is 0.162 e. The molecule has 1 aliphatic heterocycles. The predicted octanol–water partition coefficient (Wildman–Crippen LogP) is 3.03. The zero-order chi connectivity index (χ0) is 15.5. The van der Waals surface area contributed by atoms with Crippen LogP contribution in [0.5, 0.6) is 0 Å². The van der Waals surface area contributed by atoms with Gasteiger partial charge in [-0.1, -0.05) is 37.3 Å². The van der Waals surface area contributed by atoms with Crippen LogP contribution in [0.3, 0.4) is 0 Å². The summed E-state index contributed by atoms with van der Waals surface area (Å²) in [5, 5.41) is 0. The summed E-state index contributed by atoms with van der Waals surface area (Å²) in [5.74, 6) is 0.297. The Morgan fingerprint density at radius 1 is 1.14 bits per heavy atom. The molecular formula is C18H27NO2. The van der Waals surface area contributed by atoms with Crippen LogP contribution >= 0.6 is 0 Å². The Morgan fingerprint density at radius 3 is 2.24 bits per heavy atom. The van der Waals surface area contributed by atoms with Crippen LogP contribution in [0, 0.1) is 0 Å². The number of carbonyl (C=O) groups excluding carboxylic acids is 1. The molecule has 0 aromatic heterocycles. The van der Waals surface area contributed by atoms with Crippen molar-refractivity contribution in [3.8, 4) is 0 Å². The molecule has 0 radical (unpaired) electrons. The van der Waals surface area contributed by atoms with Gasteiger partial charge in [0.15, 0.2) is 5.78 Å². The minimum atomic E-state index is -0.482. The number of benzene rings is 1. The summed E-state index contributed by atoms with van der Waals surface area (Å²) in [7, 11) is 0. The van der Waals surface area contributed by atoms with Gasteiger partial charge in [0.25, 0.3) is 0 Å². The third-order valence-corrected chi connectivity index (χ3v) is 4.95. The van der Waals surface area contributed by atoms with E-state index in [0.29, 0.717) is 19.0 Å². The van der Waals surface area contributed by atoms with Crippen LogP contribution in [0.4, 0.5) is 0 Å².